The number of nitrogens with zero attached hydrogens (tertiary/aromatic N) is 2. The molecule has 3 nitrogen and oxygen atoms in total. The average molecular weight is 233 g/mol. The molecule has 2 N–H and O–H groups in total. The van der Waals surface area contributed by atoms with Crippen molar-refractivity contribution in [1.82, 2.24) is 4.90 Å². The highest BCUT2D eigenvalue weighted by molar-refractivity contribution is 5.53. The molecule has 17 heavy (non-hydrogen) atoms. The van der Waals surface area contributed by atoms with Crippen LogP contribution >= 0.6 is 0 Å². The Bertz CT molecular complexity index is 364. The van der Waals surface area contributed by atoms with Crippen LogP contribution in [-0.2, 0) is 6.54 Å². The molecular weight excluding hydrogens is 210 g/mol. The third-order valence-electron chi connectivity index (χ3n) is 3.78. The molecular formula is C14H23N3. The minimum Gasteiger partial charge on any atom is -0.373 e. The van der Waals surface area contributed by atoms with E-state index in [4.69, 9.17) is 5.73 Å². The molecule has 1 unspecified atom stereocenters. The van der Waals surface area contributed by atoms with Crippen molar-refractivity contribution < 1.29 is 0 Å². The third-order valence-corrected chi connectivity index (χ3v) is 3.78. The molecule has 0 amide bonds. The molecule has 1 heterocycles. The average Bonchev–Trinajstić information content (AvgIpc) is 2.75. The molecule has 1 aliphatic rings. The van der Waals surface area contributed by atoms with Crippen molar-refractivity contribution in [1.29, 1.82) is 0 Å². The lowest BCUT2D eigenvalue weighted by molar-refractivity contribution is 0.314. The van der Waals surface area contributed by atoms with Gasteiger partial charge in [-0.2, -0.15) is 0 Å². The highest BCUT2D eigenvalue weighted by Gasteiger charge is 2.22. The number of benzene rings is 1. The fourth-order valence-corrected chi connectivity index (χ4v) is 2.68. The summed E-state index contributed by atoms with van der Waals surface area (Å²) in [6.45, 7) is 2.94. The van der Waals surface area contributed by atoms with E-state index in [1.165, 1.54) is 30.6 Å². The Kier molecular flexibility index (Phi) is 4.02. The van der Waals surface area contributed by atoms with E-state index in [2.05, 4.69) is 48.2 Å². The summed E-state index contributed by atoms with van der Waals surface area (Å²) in [6, 6.07) is 9.11. The summed E-state index contributed by atoms with van der Waals surface area (Å²) in [5, 5.41) is 0. The number of likely N-dealkylation sites (tertiary alicyclic amines) is 1. The summed E-state index contributed by atoms with van der Waals surface area (Å²) in [5.41, 5.74) is 8.29. The predicted molar refractivity (Wildman–Crippen MR) is 73.3 cm³/mol. The first-order valence-electron chi connectivity index (χ1n) is 6.41. The van der Waals surface area contributed by atoms with Gasteiger partial charge < -0.3 is 15.5 Å². The van der Waals surface area contributed by atoms with Crippen molar-refractivity contribution in [3.05, 3.63) is 29.8 Å². The molecule has 1 saturated heterocycles. The molecule has 0 aliphatic carbocycles. The Hall–Kier alpha value is -1.06. The normalized spacial score (nSPS) is 20.8. The van der Waals surface area contributed by atoms with E-state index in [1.807, 2.05) is 0 Å². The standard InChI is InChI=1S/C14H23N3/c1-16-9-5-7-13(16)11-17(2)14-8-4-3-6-12(14)10-15/h3-4,6,8,13H,5,7,9-11,15H2,1-2H3. The van der Waals surface area contributed by atoms with Crippen LogP contribution in [0.15, 0.2) is 24.3 Å². The third kappa shape index (κ3) is 2.79. The lowest BCUT2D eigenvalue weighted by atomic mass is 10.1. The summed E-state index contributed by atoms with van der Waals surface area (Å²) in [7, 11) is 4.39. The minimum absolute atomic E-state index is 0.612. The van der Waals surface area contributed by atoms with E-state index in [0.717, 1.165) is 6.54 Å². The van der Waals surface area contributed by atoms with E-state index in [-0.39, 0.29) is 0 Å². The Morgan fingerprint density at radius 1 is 1.41 bits per heavy atom. The van der Waals surface area contributed by atoms with E-state index in [1.54, 1.807) is 0 Å². The molecule has 0 spiro atoms. The largest absolute Gasteiger partial charge is 0.373 e. The number of nitrogens with two attached hydrogens (primary N) is 1. The zero-order valence-electron chi connectivity index (χ0n) is 10.9. The van der Waals surface area contributed by atoms with Crippen molar-refractivity contribution >= 4 is 5.69 Å². The summed E-state index contributed by atoms with van der Waals surface area (Å²) >= 11 is 0. The van der Waals surface area contributed by atoms with E-state index in [0.29, 0.717) is 12.6 Å². The van der Waals surface area contributed by atoms with Gasteiger partial charge in [0.2, 0.25) is 0 Å². The zero-order chi connectivity index (χ0) is 12.3. The Morgan fingerprint density at radius 3 is 2.82 bits per heavy atom. The molecule has 1 aromatic carbocycles. The summed E-state index contributed by atoms with van der Waals surface area (Å²) in [5.74, 6) is 0. The van der Waals surface area contributed by atoms with E-state index in [9.17, 15) is 0 Å². The molecule has 0 saturated carbocycles. The first kappa shape index (κ1) is 12.4. The van der Waals surface area contributed by atoms with Crippen LogP contribution in [0.2, 0.25) is 0 Å². The number of hydrogen-bond acceptors (Lipinski definition) is 3. The number of anilines is 1. The highest BCUT2D eigenvalue weighted by atomic mass is 15.2. The van der Waals surface area contributed by atoms with Gasteiger partial charge in [-0.15, -0.1) is 0 Å². The van der Waals surface area contributed by atoms with Gasteiger partial charge in [-0.25, -0.2) is 0 Å². The van der Waals surface area contributed by atoms with Crippen LogP contribution in [0, 0.1) is 0 Å². The van der Waals surface area contributed by atoms with Crippen molar-refractivity contribution in [2.45, 2.75) is 25.4 Å². The number of rotatable bonds is 4. The fourth-order valence-electron chi connectivity index (χ4n) is 2.68. The number of likely N-dealkylation sites (N-methyl/N-ethyl adjacent to an activating group) is 2. The fraction of sp³-hybridized carbons (Fsp3) is 0.571. The molecule has 1 atom stereocenters. The first-order valence-corrected chi connectivity index (χ1v) is 6.41. The van der Waals surface area contributed by atoms with Gasteiger partial charge in [-0.1, -0.05) is 18.2 Å². The maximum absolute atomic E-state index is 5.79. The van der Waals surface area contributed by atoms with Gasteiger partial charge in [0.15, 0.2) is 0 Å². The lowest BCUT2D eigenvalue weighted by Crippen LogP contribution is -2.37. The van der Waals surface area contributed by atoms with Gasteiger partial charge >= 0.3 is 0 Å². The quantitative estimate of drug-likeness (QED) is 0.858. The van der Waals surface area contributed by atoms with Gasteiger partial charge in [-0.3, -0.25) is 0 Å². The molecule has 1 aliphatic heterocycles. The molecule has 1 aromatic rings. The second-order valence-corrected chi connectivity index (χ2v) is 4.99. The van der Waals surface area contributed by atoms with Crippen molar-refractivity contribution in [2.24, 2.45) is 5.73 Å². The maximum atomic E-state index is 5.79. The SMILES string of the molecule is CN(CC1CCCN1C)c1ccccc1CN. The second-order valence-electron chi connectivity index (χ2n) is 4.99. The van der Waals surface area contributed by atoms with Crippen molar-refractivity contribution in [3.8, 4) is 0 Å². The van der Waals surface area contributed by atoms with Gasteiger partial charge in [0.05, 0.1) is 0 Å². The minimum atomic E-state index is 0.612. The first-order chi connectivity index (χ1) is 8.22. The molecule has 0 aromatic heterocycles. The van der Waals surface area contributed by atoms with Crippen LogP contribution in [0.1, 0.15) is 18.4 Å². The monoisotopic (exact) mass is 233 g/mol. The molecule has 1 fully saturated rings. The Labute approximate surface area is 104 Å². The summed E-state index contributed by atoms with van der Waals surface area (Å²) < 4.78 is 0. The summed E-state index contributed by atoms with van der Waals surface area (Å²) in [6.07, 6.45) is 2.64. The highest BCUT2D eigenvalue weighted by Crippen LogP contribution is 2.22. The lowest BCUT2D eigenvalue weighted by Gasteiger charge is -2.28. The second kappa shape index (κ2) is 5.52. The van der Waals surface area contributed by atoms with Gasteiger partial charge in [-0.05, 0) is 38.1 Å². The van der Waals surface area contributed by atoms with Crippen LogP contribution in [0.5, 0.6) is 0 Å². The molecule has 2 rings (SSSR count). The van der Waals surface area contributed by atoms with E-state index < -0.39 is 0 Å². The zero-order valence-corrected chi connectivity index (χ0v) is 10.9. The van der Waals surface area contributed by atoms with E-state index >= 15 is 0 Å². The van der Waals surface area contributed by atoms with Crippen LogP contribution in [0.3, 0.4) is 0 Å². The Morgan fingerprint density at radius 2 is 2.18 bits per heavy atom. The van der Waals surface area contributed by atoms with Gasteiger partial charge in [0.1, 0.15) is 0 Å². The summed E-state index contributed by atoms with van der Waals surface area (Å²) in [4.78, 5) is 4.80. The van der Waals surface area contributed by atoms with Crippen molar-refractivity contribution in [3.63, 3.8) is 0 Å². The van der Waals surface area contributed by atoms with Gasteiger partial charge in [0, 0.05) is 31.9 Å². The molecule has 0 radical (unpaired) electrons. The van der Waals surface area contributed by atoms with Crippen LogP contribution < -0.4 is 10.6 Å². The predicted octanol–water partition coefficient (Wildman–Crippen LogP) is 1.68. The number of para-hydroxylation sites is 1. The topological polar surface area (TPSA) is 32.5 Å². The van der Waals surface area contributed by atoms with Crippen LogP contribution in [0.4, 0.5) is 5.69 Å². The molecule has 0 bridgehead atoms. The van der Waals surface area contributed by atoms with Crippen LogP contribution in [-0.4, -0.2) is 38.1 Å². The maximum Gasteiger partial charge on any atom is 0.0409 e. The molecule has 3 heteroatoms. The van der Waals surface area contributed by atoms with Gasteiger partial charge in [0.25, 0.3) is 0 Å². The number of hydrogen-bond donors (Lipinski definition) is 1. The van der Waals surface area contributed by atoms with Crippen molar-refractivity contribution in [2.75, 3.05) is 32.1 Å². The smallest absolute Gasteiger partial charge is 0.0409 e. The van der Waals surface area contributed by atoms with Crippen LogP contribution in [0.25, 0.3) is 0 Å². The Balaban J connectivity index is 2.06. The molecule has 94 valence electrons.